The van der Waals surface area contributed by atoms with Gasteiger partial charge < -0.3 is 5.32 Å². The molecule has 0 saturated carbocycles. The molecule has 4 nitrogen and oxygen atoms in total. The van der Waals surface area contributed by atoms with E-state index in [0.29, 0.717) is 17.5 Å². The van der Waals surface area contributed by atoms with Gasteiger partial charge in [-0.2, -0.15) is 0 Å². The van der Waals surface area contributed by atoms with Crippen LogP contribution in [0.15, 0.2) is 87.8 Å². The highest BCUT2D eigenvalue weighted by molar-refractivity contribution is 14.1. The van der Waals surface area contributed by atoms with Crippen LogP contribution in [-0.4, -0.2) is 17.5 Å². The molecular formula is C23H19IN4. The molecule has 0 bridgehead atoms. The zero-order valence-corrected chi connectivity index (χ0v) is 17.8. The van der Waals surface area contributed by atoms with Crippen molar-refractivity contribution in [2.75, 3.05) is 5.32 Å². The number of amidine groups is 3. The fourth-order valence-electron chi connectivity index (χ4n) is 2.74. The molecule has 5 heteroatoms. The Kier molecular flexibility index (Phi) is 5.34. The average molecular weight is 478 g/mol. The number of anilines is 1. The number of halogens is 1. The number of nitrogens with one attached hydrogen (secondary N) is 1. The predicted octanol–water partition coefficient (Wildman–Crippen LogP) is 5.91. The van der Waals surface area contributed by atoms with Gasteiger partial charge in [0.05, 0.1) is 5.69 Å². The Morgan fingerprint density at radius 1 is 0.750 bits per heavy atom. The number of aryl methyl sites for hydroxylation is 2. The van der Waals surface area contributed by atoms with Crippen LogP contribution in [-0.2, 0) is 0 Å². The van der Waals surface area contributed by atoms with Crippen LogP contribution in [0.4, 0.5) is 11.4 Å². The fourth-order valence-corrected chi connectivity index (χ4v) is 3.10. The fraction of sp³-hybridized carbons (Fsp3) is 0.0870. The quantitative estimate of drug-likeness (QED) is 0.468. The van der Waals surface area contributed by atoms with E-state index >= 15 is 0 Å². The summed E-state index contributed by atoms with van der Waals surface area (Å²) in [4.78, 5) is 14.1. The topological polar surface area (TPSA) is 49.1 Å². The molecule has 1 N–H and O–H groups in total. The third-order valence-electron chi connectivity index (χ3n) is 4.33. The number of benzene rings is 3. The van der Waals surface area contributed by atoms with Crippen molar-refractivity contribution < 1.29 is 0 Å². The molecule has 0 fully saturated rings. The molecule has 3 aromatic rings. The van der Waals surface area contributed by atoms with Gasteiger partial charge in [0.15, 0.2) is 17.5 Å². The lowest BCUT2D eigenvalue weighted by Gasteiger charge is -2.06. The van der Waals surface area contributed by atoms with Crippen LogP contribution in [0.25, 0.3) is 0 Å². The van der Waals surface area contributed by atoms with Gasteiger partial charge >= 0.3 is 0 Å². The number of aliphatic imine (C=N–C) groups is 3. The highest BCUT2D eigenvalue weighted by Crippen LogP contribution is 2.19. The molecule has 3 aromatic carbocycles. The van der Waals surface area contributed by atoms with E-state index in [1.165, 1.54) is 14.7 Å². The minimum Gasteiger partial charge on any atom is -0.337 e. The molecule has 28 heavy (non-hydrogen) atoms. The van der Waals surface area contributed by atoms with Gasteiger partial charge in [-0.3, -0.25) is 0 Å². The molecule has 0 aromatic heterocycles. The molecule has 4 rings (SSSR count). The van der Waals surface area contributed by atoms with Gasteiger partial charge in [0, 0.05) is 14.8 Å². The number of hydrogen-bond acceptors (Lipinski definition) is 3. The Morgan fingerprint density at radius 3 is 2.00 bits per heavy atom. The van der Waals surface area contributed by atoms with Gasteiger partial charge in [0.1, 0.15) is 0 Å². The molecule has 0 amide bonds. The first-order chi connectivity index (χ1) is 13.6. The third kappa shape index (κ3) is 4.36. The third-order valence-corrected chi connectivity index (χ3v) is 5.05. The van der Waals surface area contributed by atoms with Crippen molar-refractivity contribution in [3.8, 4) is 0 Å². The Bertz CT molecular complexity index is 1080. The number of hydrogen-bond donors (Lipinski definition) is 1. The monoisotopic (exact) mass is 478 g/mol. The van der Waals surface area contributed by atoms with Crippen LogP contribution in [0.2, 0.25) is 0 Å². The summed E-state index contributed by atoms with van der Waals surface area (Å²) in [7, 11) is 0. The summed E-state index contributed by atoms with van der Waals surface area (Å²) >= 11 is 2.29. The van der Waals surface area contributed by atoms with Gasteiger partial charge in [-0.25, -0.2) is 15.0 Å². The summed E-state index contributed by atoms with van der Waals surface area (Å²) in [6.45, 7) is 4.13. The molecule has 1 aliphatic rings. The van der Waals surface area contributed by atoms with Crippen molar-refractivity contribution in [3.63, 3.8) is 0 Å². The lowest BCUT2D eigenvalue weighted by atomic mass is 10.2. The Hall–Kier alpha value is -2.80. The normalized spacial score (nSPS) is 14.8. The molecule has 0 spiro atoms. The molecular weight excluding hydrogens is 459 g/mol. The minimum atomic E-state index is 0.581. The van der Waals surface area contributed by atoms with E-state index in [1.54, 1.807) is 0 Å². The maximum atomic E-state index is 4.72. The predicted molar refractivity (Wildman–Crippen MR) is 126 cm³/mol. The Labute approximate surface area is 178 Å². The van der Waals surface area contributed by atoms with Crippen molar-refractivity contribution in [1.82, 2.24) is 0 Å². The maximum Gasteiger partial charge on any atom is 0.198 e. The van der Waals surface area contributed by atoms with Crippen molar-refractivity contribution in [2.45, 2.75) is 13.8 Å². The highest BCUT2D eigenvalue weighted by Gasteiger charge is 2.20. The van der Waals surface area contributed by atoms with Crippen LogP contribution in [0.3, 0.4) is 0 Å². The van der Waals surface area contributed by atoms with Gasteiger partial charge in [-0.1, -0.05) is 47.5 Å². The second kappa shape index (κ2) is 8.06. The Morgan fingerprint density at radius 2 is 1.36 bits per heavy atom. The van der Waals surface area contributed by atoms with E-state index in [1.807, 2.05) is 48.5 Å². The summed E-state index contributed by atoms with van der Waals surface area (Å²) in [5.41, 5.74) is 5.19. The molecule has 1 heterocycles. The first kappa shape index (κ1) is 18.6. The lowest BCUT2D eigenvalue weighted by molar-refractivity contribution is 1.42. The molecule has 0 aliphatic carbocycles. The van der Waals surface area contributed by atoms with E-state index in [-0.39, 0.29) is 0 Å². The molecule has 0 saturated heterocycles. The maximum absolute atomic E-state index is 4.72. The largest absolute Gasteiger partial charge is 0.337 e. The zero-order chi connectivity index (χ0) is 19.5. The number of nitrogens with zero attached hydrogens (tertiary/aromatic N) is 3. The summed E-state index contributed by atoms with van der Waals surface area (Å²) in [6.07, 6.45) is 0. The molecule has 0 unspecified atom stereocenters. The second-order valence-electron chi connectivity index (χ2n) is 6.66. The van der Waals surface area contributed by atoms with Crippen molar-refractivity contribution in [3.05, 3.63) is 93.1 Å². The van der Waals surface area contributed by atoms with Crippen LogP contribution in [0.5, 0.6) is 0 Å². The van der Waals surface area contributed by atoms with Crippen LogP contribution in [0.1, 0.15) is 16.7 Å². The molecule has 138 valence electrons. The molecule has 1 aliphatic heterocycles. The summed E-state index contributed by atoms with van der Waals surface area (Å²) in [6, 6.07) is 24.4. The van der Waals surface area contributed by atoms with Gasteiger partial charge in [-0.05, 0) is 72.8 Å². The first-order valence-electron chi connectivity index (χ1n) is 8.99. The van der Waals surface area contributed by atoms with E-state index < -0.39 is 0 Å². The van der Waals surface area contributed by atoms with Crippen molar-refractivity contribution in [1.29, 1.82) is 0 Å². The van der Waals surface area contributed by atoms with Gasteiger partial charge in [0.2, 0.25) is 0 Å². The lowest BCUT2D eigenvalue weighted by Crippen LogP contribution is -2.18. The minimum absolute atomic E-state index is 0.581. The second-order valence-corrected chi connectivity index (χ2v) is 7.91. The van der Waals surface area contributed by atoms with E-state index in [2.05, 4.69) is 66.0 Å². The van der Waals surface area contributed by atoms with Crippen molar-refractivity contribution >= 4 is 51.5 Å². The standard InChI is InChI=1S/C23H19IN4/c1-15-3-11-19(12-4-15)25-22-23(26-20-13-5-16(2)6-14-20)28-21(27-22)17-7-9-18(24)10-8-17/h3-14H,1-2H3,(H,25,26,27,28). The van der Waals surface area contributed by atoms with Crippen LogP contribution < -0.4 is 5.32 Å². The zero-order valence-electron chi connectivity index (χ0n) is 15.6. The van der Waals surface area contributed by atoms with E-state index in [0.717, 1.165) is 16.9 Å². The summed E-state index contributed by atoms with van der Waals surface area (Å²) < 4.78 is 1.18. The van der Waals surface area contributed by atoms with Gasteiger partial charge in [-0.15, -0.1) is 0 Å². The van der Waals surface area contributed by atoms with Crippen molar-refractivity contribution in [2.24, 2.45) is 15.0 Å². The molecule has 0 radical (unpaired) electrons. The average Bonchev–Trinajstić information content (AvgIpc) is 3.08. The highest BCUT2D eigenvalue weighted by atomic mass is 127. The van der Waals surface area contributed by atoms with Crippen LogP contribution in [0, 0.1) is 17.4 Å². The Balaban J connectivity index is 1.71. The van der Waals surface area contributed by atoms with E-state index in [9.17, 15) is 0 Å². The number of rotatable bonds is 3. The van der Waals surface area contributed by atoms with Gasteiger partial charge in [0.25, 0.3) is 0 Å². The summed E-state index contributed by atoms with van der Waals surface area (Å²) in [5.74, 6) is 1.90. The first-order valence-corrected chi connectivity index (χ1v) is 10.1. The summed E-state index contributed by atoms with van der Waals surface area (Å²) in [5, 5.41) is 3.36. The SMILES string of the molecule is Cc1ccc(N=C2N=C(c3ccc(I)cc3)N=C2Nc2ccc(C)cc2)cc1. The molecule has 0 atom stereocenters. The smallest absolute Gasteiger partial charge is 0.198 e. The van der Waals surface area contributed by atoms with E-state index in [4.69, 9.17) is 15.0 Å². The van der Waals surface area contributed by atoms with Crippen LogP contribution >= 0.6 is 22.6 Å².